The highest BCUT2D eigenvalue weighted by atomic mass is 16.5. The average molecular weight is 288 g/mol. The Kier molecular flexibility index (Phi) is 4.86. The normalized spacial score (nSPS) is 21.4. The second kappa shape index (κ2) is 7.03. The molecular formula is C17H24N2O2. The molecule has 0 aromatic carbocycles. The molecule has 3 rings (SSSR count). The molecule has 1 aromatic rings. The molecule has 1 aromatic heterocycles. The highest BCUT2D eigenvalue weighted by molar-refractivity contribution is 5.79. The second-order valence-electron chi connectivity index (χ2n) is 6.21. The van der Waals surface area contributed by atoms with Gasteiger partial charge in [-0.2, -0.15) is 0 Å². The number of piperidine rings is 1. The minimum atomic E-state index is 0.204. The number of rotatable bonds is 3. The van der Waals surface area contributed by atoms with E-state index in [2.05, 4.69) is 22.0 Å². The molecule has 114 valence electrons. The summed E-state index contributed by atoms with van der Waals surface area (Å²) in [6.07, 6.45) is 8.88. The number of aromatic nitrogens is 1. The van der Waals surface area contributed by atoms with E-state index in [4.69, 9.17) is 4.74 Å². The zero-order valence-corrected chi connectivity index (χ0v) is 12.5. The van der Waals surface area contributed by atoms with E-state index in [1.54, 1.807) is 0 Å². The average Bonchev–Trinajstić information content (AvgIpc) is 2.57. The Labute approximate surface area is 126 Å². The van der Waals surface area contributed by atoms with Gasteiger partial charge in [0.15, 0.2) is 0 Å². The summed E-state index contributed by atoms with van der Waals surface area (Å²) in [6.45, 7) is 3.34. The van der Waals surface area contributed by atoms with Crippen LogP contribution in [0.2, 0.25) is 0 Å². The Morgan fingerprint density at radius 2 is 1.81 bits per heavy atom. The van der Waals surface area contributed by atoms with E-state index in [0.29, 0.717) is 11.8 Å². The third-order valence-corrected chi connectivity index (χ3v) is 4.77. The van der Waals surface area contributed by atoms with Gasteiger partial charge >= 0.3 is 0 Å². The van der Waals surface area contributed by atoms with Crippen molar-refractivity contribution in [3.63, 3.8) is 0 Å². The van der Waals surface area contributed by atoms with Crippen LogP contribution >= 0.6 is 0 Å². The van der Waals surface area contributed by atoms with E-state index in [1.165, 1.54) is 5.56 Å². The summed E-state index contributed by atoms with van der Waals surface area (Å²) < 4.78 is 5.34. The lowest BCUT2D eigenvalue weighted by molar-refractivity contribution is -0.139. The number of pyridine rings is 1. The number of carbonyl (C=O) groups is 1. The quantitative estimate of drug-likeness (QED) is 0.857. The standard InChI is InChI=1S/C17H24N2O2/c20-17(16-5-11-21-12-6-16)19-9-3-15(4-10-19)13-14-1-7-18-8-2-14/h1-2,7-8,15-16H,3-6,9-13H2. The molecule has 2 aliphatic heterocycles. The minimum Gasteiger partial charge on any atom is -0.381 e. The first-order valence-corrected chi connectivity index (χ1v) is 8.08. The molecule has 0 bridgehead atoms. The molecule has 0 atom stereocenters. The number of carbonyl (C=O) groups excluding carboxylic acids is 1. The molecule has 0 saturated carbocycles. The summed E-state index contributed by atoms with van der Waals surface area (Å²) >= 11 is 0. The molecule has 0 radical (unpaired) electrons. The zero-order valence-electron chi connectivity index (χ0n) is 12.5. The van der Waals surface area contributed by atoms with Crippen molar-refractivity contribution < 1.29 is 9.53 Å². The van der Waals surface area contributed by atoms with Crippen LogP contribution in [0.1, 0.15) is 31.2 Å². The van der Waals surface area contributed by atoms with E-state index in [9.17, 15) is 4.79 Å². The second-order valence-corrected chi connectivity index (χ2v) is 6.21. The number of amides is 1. The number of nitrogens with zero attached hydrogens (tertiary/aromatic N) is 2. The van der Waals surface area contributed by atoms with E-state index < -0.39 is 0 Å². The van der Waals surface area contributed by atoms with Crippen LogP contribution in [0.5, 0.6) is 0 Å². The van der Waals surface area contributed by atoms with Crippen molar-refractivity contribution in [3.8, 4) is 0 Å². The molecular weight excluding hydrogens is 264 g/mol. The molecule has 3 heterocycles. The summed E-state index contributed by atoms with van der Waals surface area (Å²) in [5.41, 5.74) is 1.36. The topological polar surface area (TPSA) is 42.4 Å². The lowest BCUT2D eigenvalue weighted by atomic mass is 9.89. The molecule has 4 nitrogen and oxygen atoms in total. The Morgan fingerprint density at radius 3 is 2.48 bits per heavy atom. The molecule has 0 spiro atoms. The largest absolute Gasteiger partial charge is 0.381 e. The molecule has 2 fully saturated rings. The minimum absolute atomic E-state index is 0.204. The summed E-state index contributed by atoms with van der Waals surface area (Å²) in [6, 6.07) is 4.19. The van der Waals surface area contributed by atoms with Gasteiger partial charge in [-0.05, 0) is 55.7 Å². The molecule has 21 heavy (non-hydrogen) atoms. The maximum Gasteiger partial charge on any atom is 0.225 e. The van der Waals surface area contributed by atoms with Gasteiger partial charge < -0.3 is 9.64 Å². The van der Waals surface area contributed by atoms with Crippen molar-refractivity contribution in [2.75, 3.05) is 26.3 Å². The number of likely N-dealkylation sites (tertiary alicyclic amines) is 1. The fourth-order valence-corrected chi connectivity index (χ4v) is 3.41. The summed E-state index contributed by atoms with van der Waals surface area (Å²) in [7, 11) is 0. The van der Waals surface area contributed by atoms with Crippen molar-refractivity contribution in [1.29, 1.82) is 0 Å². The van der Waals surface area contributed by atoms with Crippen LogP contribution in [0.3, 0.4) is 0 Å². The summed E-state index contributed by atoms with van der Waals surface area (Å²) in [5.74, 6) is 1.27. The number of hydrogen-bond acceptors (Lipinski definition) is 3. The third-order valence-electron chi connectivity index (χ3n) is 4.77. The maximum atomic E-state index is 12.5. The first kappa shape index (κ1) is 14.5. The van der Waals surface area contributed by atoms with Gasteiger partial charge in [-0.3, -0.25) is 9.78 Å². The third kappa shape index (κ3) is 3.82. The Hall–Kier alpha value is -1.42. The predicted octanol–water partition coefficient (Wildman–Crippen LogP) is 2.29. The highest BCUT2D eigenvalue weighted by Crippen LogP contribution is 2.25. The van der Waals surface area contributed by atoms with Crippen LogP contribution in [0.4, 0.5) is 0 Å². The van der Waals surface area contributed by atoms with Crippen molar-refractivity contribution >= 4 is 5.91 Å². The smallest absolute Gasteiger partial charge is 0.225 e. The first-order valence-electron chi connectivity index (χ1n) is 8.08. The van der Waals surface area contributed by atoms with Crippen molar-refractivity contribution in [2.45, 2.75) is 32.1 Å². The molecule has 0 unspecified atom stereocenters. The fraction of sp³-hybridized carbons (Fsp3) is 0.647. The van der Waals surface area contributed by atoms with Crippen LogP contribution in [0, 0.1) is 11.8 Å². The Balaban J connectivity index is 1.47. The Bertz CT molecular complexity index is 449. The van der Waals surface area contributed by atoms with Crippen molar-refractivity contribution in [3.05, 3.63) is 30.1 Å². The van der Waals surface area contributed by atoms with Gasteiger partial charge in [0.25, 0.3) is 0 Å². The van der Waals surface area contributed by atoms with Gasteiger partial charge in [0.2, 0.25) is 5.91 Å². The van der Waals surface area contributed by atoms with E-state index in [-0.39, 0.29) is 5.92 Å². The maximum absolute atomic E-state index is 12.5. The van der Waals surface area contributed by atoms with Gasteiger partial charge in [-0.15, -0.1) is 0 Å². The van der Waals surface area contributed by atoms with Crippen LogP contribution in [0.25, 0.3) is 0 Å². The van der Waals surface area contributed by atoms with Crippen LogP contribution in [0.15, 0.2) is 24.5 Å². The molecule has 2 saturated heterocycles. The van der Waals surface area contributed by atoms with Gasteiger partial charge in [0, 0.05) is 44.6 Å². The van der Waals surface area contributed by atoms with E-state index in [1.807, 2.05) is 12.4 Å². The lowest BCUT2D eigenvalue weighted by Crippen LogP contribution is -2.43. The lowest BCUT2D eigenvalue weighted by Gasteiger charge is -2.35. The molecule has 1 amide bonds. The highest BCUT2D eigenvalue weighted by Gasteiger charge is 2.29. The predicted molar refractivity (Wildman–Crippen MR) is 80.8 cm³/mol. The SMILES string of the molecule is O=C(C1CCOCC1)N1CCC(Cc2ccncc2)CC1. The van der Waals surface area contributed by atoms with Crippen LogP contribution < -0.4 is 0 Å². The van der Waals surface area contributed by atoms with Gasteiger partial charge in [-0.25, -0.2) is 0 Å². The van der Waals surface area contributed by atoms with Crippen molar-refractivity contribution in [1.82, 2.24) is 9.88 Å². The van der Waals surface area contributed by atoms with Gasteiger partial charge in [0.05, 0.1) is 0 Å². The molecule has 4 heteroatoms. The van der Waals surface area contributed by atoms with Gasteiger partial charge in [0.1, 0.15) is 0 Å². The monoisotopic (exact) mass is 288 g/mol. The summed E-state index contributed by atoms with van der Waals surface area (Å²) in [5, 5.41) is 0. The molecule has 2 aliphatic rings. The summed E-state index contributed by atoms with van der Waals surface area (Å²) in [4.78, 5) is 18.6. The van der Waals surface area contributed by atoms with Crippen LogP contribution in [-0.2, 0) is 16.0 Å². The molecule has 0 N–H and O–H groups in total. The molecule has 0 aliphatic carbocycles. The van der Waals surface area contributed by atoms with Crippen LogP contribution in [-0.4, -0.2) is 42.1 Å². The van der Waals surface area contributed by atoms with Gasteiger partial charge in [-0.1, -0.05) is 0 Å². The Morgan fingerprint density at radius 1 is 1.14 bits per heavy atom. The first-order chi connectivity index (χ1) is 10.3. The van der Waals surface area contributed by atoms with E-state index in [0.717, 1.165) is 58.4 Å². The zero-order chi connectivity index (χ0) is 14.5. The van der Waals surface area contributed by atoms with E-state index >= 15 is 0 Å². The number of hydrogen-bond donors (Lipinski definition) is 0. The fourth-order valence-electron chi connectivity index (χ4n) is 3.41. The van der Waals surface area contributed by atoms with Crippen molar-refractivity contribution in [2.24, 2.45) is 11.8 Å². The number of ether oxygens (including phenoxy) is 1.